The van der Waals surface area contributed by atoms with Crippen molar-refractivity contribution in [2.45, 2.75) is 31.8 Å². The molecular formula is C15H22BrNO3. The minimum absolute atomic E-state index is 0.0514. The van der Waals surface area contributed by atoms with E-state index in [1.807, 2.05) is 38.1 Å². The van der Waals surface area contributed by atoms with Gasteiger partial charge in [-0.05, 0) is 38.0 Å². The topological polar surface area (TPSA) is 58.6 Å². The Morgan fingerprint density at radius 3 is 2.55 bits per heavy atom. The lowest BCUT2D eigenvalue weighted by atomic mass is 9.84. The molecule has 1 amide bonds. The van der Waals surface area contributed by atoms with E-state index in [1.54, 1.807) is 7.11 Å². The number of aliphatic hydroxyl groups is 1. The minimum Gasteiger partial charge on any atom is -0.391 e. The molecule has 4 nitrogen and oxygen atoms in total. The van der Waals surface area contributed by atoms with Gasteiger partial charge in [0.05, 0.1) is 18.1 Å². The molecule has 5 heteroatoms. The molecule has 0 aliphatic rings. The Hall–Kier alpha value is -0.910. The van der Waals surface area contributed by atoms with Crippen molar-refractivity contribution in [1.29, 1.82) is 0 Å². The minimum atomic E-state index is -0.604. The lowest BCUT2D eigenvalue weighted by molar-refractivity contribution is -0.125. The highest BCUT2D eigenvalue weighted by molar-refractivity contribution is 9.10. The molecule has 0 aliphatic heterocycles. The van der Waals surface area contributed by atoms with Gasteiger partial charge in [-0.3, -0.25) is 4.79 Å². The third-order valence-corrected chi connectivity index (χ3v) is 3.78. The molecular weight excluding hydrogens is 322 g/mol. The molecule has 1 unspecified atom stereocenters. The second-order valence-corrected chi connectivity index (χ2v) is 6.20. The van der Waals surface area contributed by atoms with Gasteiger partial charge in [0.1, 0.15) is 0 Å². The summed E-state index contributed by atoms with van der Waals surface area (Å²) in [6.45, 7) is 4.49. The maximum absolute atomic E-state index is 12.3. The highest BCUT2D eigenvalue weighted by Crippen LogP contribution is 2.24. The van der Waals surface area contributed by atoms with Crippen LogP contribution < -0.4 is 5.32 Å². The zero-order valence-electron chi connectivity index (χ0n) is 12.1. The Morgan fingerprint density at radius 2 is 2.00 bits per heavy atom. The van der Waals surface area contributed by atoms with E-state index in [0.29, 0.717) is 13.0 Å². The number of hydrogen-bond donors (Lipinski definition) is 2. The monoisotopic (exact) mass is 343 g/mol. The van der Waals surface area contributed by atoms with E-state index >= 15 is 0 Å². The van der Waals surface area contributed by atoms with Crippen molar-refractivity contribution < 1.29 is 14.6 Å². The Balaban J connectivity index is 2.55. The van der Waals surface area contributed by atoms with Crippen LogP contribution in [0.15, 0.2) is 28.7 Å². The van der Waals surface area contributed by atoms with Crippen LogP contribution in [0.4, 0.5) is 0 Å². The van der Waals surface area contributed by atoms with E-state index in [1.165, 1.54) is 0 Å². The van der Waals surface area contributed by atoms with Crippen molar-refractivity contribution >= 4 is 21.8 Å². The van der Waals surface area contributed by atoms with Gasteiger partial charge in [-0.15, -0.1) is 0 Å². The summed E-state index contributed by atoms with van der Waals surface area (Å²) in [6.07, 6.45) is -0.0631. The van der Waals surface area contributed by atoms with Crippen molar-refractivity contribution in [2.75, 3.05) is 20.3 Å². The fourth-order valence-corrected chi connectivity index (χ4v) is 2.11. The first-order valence-electron chi connectivity index (χ1n) is 6.59. The van der Waals surface area contributed by atoms with E-state index in [9.17, 15) is 9.90 Å². The number of methoxy groups -OCH3 is 1. The van der Waals surface area contributed by atoms with E-state index in [0.717, 1.165) is 10.0 Å². The molecule has 0 radical (unpaired) electrons. The molecule has 112 valence electrons. The van der Waals surface area contributed by atoms with Crippen LogP contribution in [-0.4, -0.2) is 37.4 Å². The van der Waals surface area contributed by atoms with Crippen molar-refractivity contribution in [3.05, 3.63) is 34.3 Å². The van der Waals surface area contributed by atoms with Gasteiger partial charge in [0.15, 0.2) is 0 Å². The zero-order valence-corrected chi connectivity index (χ0v) is 13.7. The average Bonchev–Trinajstić information content (AvgIpc) is 2.39. The van der Waals surface area contributed by atoms with Crippen LogP contribution in [0.25, 0.3) is 0 Å². The van der Waals surface area contributed by atoms with Crippen LogP contribution in [0.2, 0.25) is 0 Å². The van der Waals surface area contributed by atoms with Gasteiger partial charge >= 0.3 is 0 Å². The van der Waals surface area contributed by atoms with Crippen molar-refractivity contribution in [3.63, 3.8) is 0 Å². The summed E-state index contributed by atoms with van der Waals surface area (Å²) in [5, 5.41) is 12.4. The van der Waals surface area contributed by atoms with E-state index < -0.39 is 11.5 Å². The van der Waals surface area contributed by atoms with Crippen LogP contribution in [0.1, 0.15) is 25.8 Å². The van der Waals surface area contributed by atoms with Crippen LogP contribution in [0.5, 0.6) is 0 Å². The number of halogens is 1. The predicted molar refractivity (Wildman–Crippen MR) is 82.7 cm³/mol. The number of carbonyl (C=O) groups is 1. The van der Waals surface area contributed by atoms with Gasteiger partial charge < -0.3 is 15.2 Å². The van der Waals surface area contributed by atoms with Crippen LogP contribution >= 0.6 is 15.9 Å². The highest BCUT2D eigenvalue weighted by atomic mass is 79.9. The van der Waals surface area contributed by atoms with E-state index in [-0.39, 0.29) is 12.5 Å². The van der Waals surface area contributed by atoms with Crippen molar-refractivity contribution in [3.8, 4) is 0 Å². The first kappa shape index (κ1) is 17.1. The van der Waals surface area contributed by atoms with Crippen LogP contribution in [0.3, 0.4) is 0 Å². The third-order valence-electron chi connectivity index (χ3n) is 3.26. The molecule has 2 N–H and O–H groups in total. The van der Waals surface area contributed by atoms with Gasteiger partial charge in [0.25, 0.3) is 0 Å². The average molecular weight is 344 g/mol. The summed E-state index contributed by atoms with van der Waals surface area (Å²) < 4.78 is 5.83. The largest absolute Gasteiger partial charge is 0.391 e. The Morgan fingerprint density at radius 1 is 1.40 bits per heavy atom. The Bertz CT molecular complexity index is 431. The number of rotatable bonds is 7. The van der Waals surface area contributed by atoms with Gasteiger partial charge in [-0.2, -0.15) is 0 Å². The number of benzene rings is 1. The summed E-state index contributed by atoms with van der Waals surface area (Å²) in [4.78, 5) is 12.3. The number of aliphatic hydroxyl groups excluding tert-OH is 1. The lowest BCUT2D eigenvalue weighted by Gasteiger charge is -2.24. The van der Waals surface area contributed by atoms with Crippen LogP contribution in [0, 0.1) is 0 Å². The summed E-state index contributed by atoms with van der Waals surface area (Å²) in [7, 11) is 1.54. The van der Waals surface area contributed by atoms with E-state index in [4.69, 9.17) is 4.74 Å². The highest BCUT2D eigenvalue weighted by Gasteiger charge is 2.29. The summed E-state index contributed by atoms with van der Waals surface area (Å²) >= 11 is 3.38. The molecule has 1 aromatic rings. The molecule has 0 saturated carbocycles. The number of hydrogen-bond acceptors (Lipinski definition) is 3. The molecule has 0 bridgehead atoms. The molecule has 0 fully saturated rings. The molecule has 0 heterocycles. The number of nitrogens with one attached hydrogen (secondary N) is 1. The summed E-state index contributed by atoms with van der Waals surface area (Å²) in [5.41, 5.74) is 0.350. The van der Waals surface area contributed by atoms with Gasteiger partial charge in [-0.25, -0.2) is 0 Å². The molecule has 1 aromatic carbocycles. The zero-order chi connectivity index (χ0) is 15.2. The SMILES string of the molecule is COCC(O)CCNC(=O)C(C)(C)c1ccc(Br)cc1. The van der Waals surface area contributed by atoms with Gasteiger partial charge in [0, 0.05) is 18.1 Å². The summed E-state index contributed by atoms with van der Waals surface area (Å²) in [5.74, 6) is -0.0514. The fourth-order valence-electron chi connectivity index (χ4n) is 1.85. The smallest absolute Gasteiger partial charge is 0.230 e. The van der Waals surface area contributed by atoms with Crippen molar-refractivity contribution in [2.24, 2.45) is 0 Å². The maximum atomic E-state index is 12.3. The van der Waals surface area contributed by atoms with Gasteiger partial charge in [0.2, 0.25) is 5.91 Å². The Kier molecular flexibility index (Phi) is 6.65. The maximum Gasteiger partial charge on any atom is 0.230 e. The predicted octanol–water partition coefficient (Wildman–Crippen LogP) is 2.24. The molecule has 0 spiro atoms. The number of amides is 1. The fraction of sp³-hybridized carbons (Fsp3) is 0.533. The quantitative estimate of drug-likeness (QED) is 0.798. The molecule has 1 rings (SSSR count). The molecule has 0 aliphatic carbocycles. The van der Waals surface area contributed by atoms with Crippen LogP contribution in [-0.2, 0) is 14.9 Å². The Labute approximate surface area is 128 Å². The summed E-state index contributed by atoms with van der Waals surface area (Å²) in [6, 6.07) is 7.71. The van der Waals surface area contributed by atoms with Gasteiger partial charge in [-0.1, -0.05) is 28.1 Å². The lowest BCUT2D eigenvalue weighted by Crippen LogP contribution is -2.41. The second kappa shape index (κ2) is 7.76. The van der Waals surface area contributed by atoms with E-state index in [2.05, 4.69) is 21.2 Å². The number of carbonyl (C=O) groups excluding carboxylic acids is 1. The molecule has 0 aromatic heterocycles. The third kappa shape index (κ3) is 4.89. The first-order valence-corrected chi connectivity index (χ1v) is 7.38. The molecule has 20 heavy (non-hydrogen) atoms. The first-order chi connectivity index (χ1) is 9.37. The molecule has 1 atom stereocenters. The normalized spacial score (nSPS) is 13.1. The second-order valence-electron chi connectivity index (χ2n) is 5.29. The van der Waals surface area contributed by atoms with Crippen molar-refractivity contribution in [1.82, 2.24) is 5.32 Å². The number of ether oxygens (including phenoxy) is 1. The molecule has 0 saturated heterocycles. The standard InChI is InChI=1S/C15H22BrNO3/c1-15(2,11-4-6-12(16)7-5-11)14(19)17-9-8-13(18)10-20-3/h4-7,13,18H,8-10H2,1-3H3,(H,17,19).